The van der Waals surface area contributed by atoms with Gasteiger partial charge in [0.15, 0.2) is 15.8 Å². The largest absolute Gasteiger partial charge is 0.493 e. The predicted molar refractivity (Wildman–Crippen MR) is 116 cm³/mol. The summed E-state index contributed by atoms with van der Waals surface area (Å²) < 4.78 is 26.1. The Balaban J connectivity index is 1.87. The predicted octanol–water partition coefficient (Wildman–Crippen LogP) is 4.09. The molecule has 3 rings (SSSR count). The van der Waals surface area contributed by atoms with E-state index in [9.17, 15) is 9.18 Å². The van der Waals surface area contributed by atoms with Crippen molar-refractivity contribution in [3.8, 4) is 11.5 Å². The zero-order valence-electron chi connectivity index (χ0n) is 14.1. The molecule has 1 amide bonds. The molecule has 1 heterocycles. The van der Waals surface area contributed by atoms with Gasteiger partial charge in [0.1, 0.15) is 12.4 Å². The quantitative estimate of drug-likeness (QED) is 0.213. The highest BCUT2D eigenvalue weighted by atomic mass is 127. The Bertz CT molecular complexity index is 952. The van der Waals surface area contributed by atoms with E-state index in [0.717, 1.165) is 25.9 Å². The smallest absolute Gasteiger partial charge is 0.280 e. The molecule has 140 valence electrons. The second-order valence-electron chi connectivity index (χ2n) is 5.47. The first kappa shape index (κ1) is 20.1. The fourth-order valence-corrected chi connectivity index (χ4v) is 4.24. The van der Waals surface area contributed by atoms with Crippen molar-refractivity contribution in [3.63, 3.8) is 0 Å². The van der Waals surface area contributed by atoms with Gasteiger partial charge in [0.25, 0.3) is 5.91 Å². The highest BCUT2D eigenvalue weighted by Crippen LogP contribution is 2.37. The molecule has 0 spiro atoms. The number of hydrogen-bond donors (Lipinski definition) is 1. The maximum Gasteiger partial charge on any atom is 0.280 e. The summed E-state index contributed by atoms with van der Waals surface area (Å²) in [5, 5.41) is 0.944. The maximum absolute atomic E-state index is 13.8. The lowest BCUT2D eigenvalue weighted by atomic mass is 10.1. The highest BCUT2D eigenvalue weighted by Gasteiger charge is 2.29. The van der Waals surface area contributed by atoms with Gasteiger partial charge in [-0.25, -0.2) is 15.2 Å². The van der Waals surface area contributed by atoms with Crippen LogP contribution in [0.15, 0.2) is 41.3 Å². The summed E-state index contributed by atoms with van der Waals surface area (Å²) in [5.41, 5.74) is 1.19. The lowest BCUT2D eigenvalue weighted by molar-refractivity contribution is -0.122. The molecule has 0 radical (unpaired) electrons. The van der Waals surface area contributed by atoms with E-state index in [4.69, 9.17) is 27.5 Å². The molecule has 27 heavy (non-hydrogen) atoms. The Kier molecular flexibility index (Phi) is 6.35. The van der Waals surface area contributed by atoms with Crippen molar-refractivity contribution < 1.29 is 18.7 Å². The van der Waals surface area contributed by atoms with Gasteiger partial charge in [-0.2, -0.15) is 0 Å². The van der Waals surface area contributed by atoms with Gasteiger partial charge in [0.2, 0.25) is 0 Å². The fraction of sp³-hybridized carbons (Fsp3) is 0.111. The van der Waals surface area contributed by atoms with Crippen LogP contribution in [-0.2, 0) is 11.4 Å². The van der Waals surface area contributed by atoms with Crippen molar-refractivity contribution in [1.29, 1.82) is 0 Å². The molecule has 1 aliphatic heterocycles. The summed E-state index contributed by atoms with van der Waals surface area (Å²) in [5.74, 6) is 5.90. The molecule has 1 aliphatic rings. The second-order valence-corrected chi connectivity index (χ2v) is 8.30. The SMILES string of the molecule is COc1cc(/C=C2/SC(=S)N(N)C2=O)cc(I)c1OCc1ccccc1F. The van der Waals surface area contributed by atoms with E-state index in [1.165, 1.54) is 13.2 Å². The number of nitrogens with two attached hydrogens (primary N) is 1. The maximum atomic E-state index is 13.8. The molecule has 0 saturated carbocycles. The highest BCUT2D eigenvalue weighted by molar-refractivity contribution is 14.1. The molecular weight excluding hydrogens is 502 g/mol. The van der Waals surface area contributed by atoms with E-state index in [2.05, 4.69) is 22.6 Å². The summed E-state index contributed by atoms with van der Waals surface area (Å²) in [4.78, 5) is 12.5. The van der Waals surface area contributed by atoms with Crippen molar-refractivity contribution >= 4 is 62.9 Å². The van der Waals surface area contributed by atoms with Gasteiger partial charge in [-0.05, 0) is 52.4 Å². The molecule has 2 N–H and O–H groups in total. The van der Waals surface area contributed by atoms with E-state index < -0.39 is 0 Å². The van der Waals surface area contributed by atoms with Crippen LogP contribution in [0.4, 0.5) is 4.39 Å². The van der Waals surface area contributed by atoms with Crippen molar-refractivity contribution in [2.75, 3.05) is 7.11 Å². The third kappa shape index (κ3) is 4.42. The van der Waals surface area contributed by atoms with Crippen LogP contribution in [-0.4, -0.2) is 22.3 Å². The number of ether oxygens (including phenoxy) is 2. The third-order valence-corrected chi connectivity index (χ3v) is 5.83. The molecule has 1 saturated heterocycles. The average molecular weight is 516 g/mol. The number of rotatable bonds is 5. The zero-order valence-corrected chi connectivity index (χ0v) is 17.9. The number of methoxy groups -OCH3 is 1. The molecule has 5 nitrogen and oxygen atoms in total. The zero-order chi connectivity index (χ0) is 19.6. The van der Waals surface area contributed by atoms with Crippen molar-refractivity contribution in [2.45, 2.75) is 6.61 Å². The Labute approximate surface area is 178 Å². The van der Waals surface area contributed by atoms with Gasteiger partial charge in [-0.15, -0.1) is 0 Å². The molecule has 0 atom stereocenters. The number of amides is 1. The van der Waals surface area contributed by atoms with Crippen molar-refractivity contribution in [2.24, 2.45) is 5.84 Å². The second kappa shape index (κ2) is 8.55. The monoisotopic (exact) mass is 516 g/mol. The summed E-state index contributed by atoms with van der Waals surface area (Å²) in [6.07, 6.45) is 1.69. The van der Waals surface area contributed by atoms with Crippen LogP contribution in [0, 0.1) is 9.39 Å². The number of carbonyl (C=O) groups is 1. The standard InChI is InChI=1S/C18H14FIN2O3S2/c1-24-14-7-10(8-15-17(23)22(21)18(26)27-15)6-13(20)16(14)25-9-11-4-2-3-5-12(11)19/h2-8H,9,21H2,1H3/b15-8+. The third-order valence-electron chi connectivity index (χ3n) is 3.70. The number of carbonyl (C=O) groups excluding carboxylic acids is 1. The molecule has 0 aliphatic carbocycles. The normalized spacial score (nSPS) is 15.6. The van der Waals surface area contributed by atoms with Crippen LogP contribution in [0.1, 0.15) is 11.1 Å². The molecular formula is C18H14FIN2O3S2. The fourth-order valence-electron chi connectivity index (χ4n) is 2.36. The number of thioether (sulfide) groups is 1. The summed E-state index contributed by atoms with van der Waals surface area (Å²) in [6, 6.07) is 10.0. The number of benzene rings is 2. The number of thiocarbonyl (C=S) groups is 1. The van der Waals surface area contributed by atoms with Crippen LogP contribution < -0.4 is 15.3 Å². The minimum atomic E-state index is -0.348. The van der Waals surface area contributed by atoms with Crippen LogP contribution in [0.2, 0.25) is 0 Å². The van der Waals surface area contributed by atoms with Crippen LogP contribution in [0.5, 0.6) is 11.5 Å². The Hall–Kier alpha value is -1.69. The first-order chi connectivity index (χ1) is 12.9. The molecule has 2 aromatic rings. The minimum absolute atomic E-state index is 0.0736. The molecule has 9 heteroatoms. The van der Waals surface area contributed by atoms with Crippen LogP contribution in [0.3, 0.4) is 0 Å². The van der Waals surface area contributed by atoms with Crippen LogP contribution >= 0.6 is 46.6 Å². The lowest BCUT2D eigenvalue weighted by Gasteiger charge is -2.14. The Morgan fingerprint density at radius 1 is 1.37 bits per heavy atom. The summed E-state index contributed by atoms with van der Waals surface area (Å²) >= 11 is 8.27. The summed E-state index contributed by atoms with van der Waals surface area (Å²) in [7, 11) is 1.52. The molecule has 0 unspecified atom stereocenters. The Morgan fingerprint density at radius 2 is 2.11 bits per heavy atom. The van der Waals surface area contributed by atoms with Gasteiger partial charge in [0.05, 0.1) is 15.6 Å². The average Bonchev–Trinajstić information content (AvgIpc) is 2.88. The lowest BCUT2D eigenvalue weighted by Crippen LogP contribution is -2.34. The first-order valence-corrected chi connectivity index (χ1v) is 9.97. The van der Waals surface area contributed by atoms with E-state index in [0.29, 0.717) is 26.3 Å². The van der Waals surface area contributed by atoms with Crippen molar-refractivity contribution in [3.05, 3.63) is 61.8 Å². The first-order valence-electron chi connectivity index (χ1n) is 7.67. The van der Waals surface area contributed by atoms with E-state index >= 15 is 0 Å². The van der Waals surface area contributed by atoms with Gasteiger partial charge in [-0.1, -0.05) is 42.2 Å². The van der Waals surface area contributed by atoms with Crippen LogP contribution in [0.25, 0.3) is 6.08 Å². The van der Waals surface area contributed by atoms with Gasteiger partial charge in [0, 0.05) is 5.56 Å². The van der Waals surface area contributed by atoms with E-state index in [1.807, 2.05) is 6.07 Å². The molecule has 1 fully saturated rings. The minimum Gasteiger partial charge on any atom is -0.493 e. The van der Waals surface area contributed by atoms with E-state index in [-0.39, 0.29) is 18.3 Å². The summed E-state index contributed by atoms with van der Waals surface area (Å²) in [6.45, 7) is 0.0736. The Morgan fingerprint density at radius 3 is 2.74 bits per heavy atom. The van der Waals surface area contributed by atoms with Gasteiger partial charge >= 0.3 is 0 Å². The topological polar surface area (TPSA) is 64.8 Å². The molecule has 0 aromatic heterocycles. The number of halogens is 2. The van der Waals surface area contributed by atoms with Gasteiger partial charge < -0.3 is 9.47 Å². The van der Waals surface area contributed by atoms with Gasteiger partial charge in [-0.3, -0.25) is 4.79 Å². The van der Waals surface area contributed by atoms with E-state index in [1.54, 1.807) is 30.3 Å². The number of nitrogens with zero attached hydrogens (tertiary/aromatic N) is 1. The van der Waals surface area contributed by atoms with Crippen molar-refractivity contribution in [1.82, 2.24) is 5.01 Å². The molecule has 2 aromatic carbocycles. The molecule has 0 bridgehead atoms. The number of hydrazine groups is 1. The number of hydrogen-bond acceptors (Lipinski definition) is 6.